The first-order valence-corrected chi connectivity index (χ1v) is 7.12. The van der Waals surface area contributed by atoms with Gasteiger partial charge in [-0.3, -0.25) is 9.36 Å². The van der Waals surface area contributed by atoms with Gasteiger partial charge in [-0.25, -0.2) is 9.37 Å². The molecule has 2 heterocycles. The van der Waals surface area contributed by atoms with Crippen molar-refractivity contribution in [3.8, 4) is 0 Å². The van der Waals surface area contributed by atoms with Crippen molar-refractivity contribution in [1.29, 1.82) is 0 Å². The zero-order valence-electron chi connectivity index (χ0n) is 10.9. The molecule has 1 unspecified atom stereocenters. The first kappa shape index (κ1) is 13.5. The van der Waals surface area contributed by atoms with E-state index in [4.69, 9.17) is 11.6 Å². The van der Waals surface area contributed by atoms with E-state index in [9.17, 15) is 9.18 Å². The Hall–Kier alpha value is -1.46. The normalized spacial score (nSPS) is 19.4. The van der Waals surface area contributed by atoms with Crippen molar-refractivity contribution < 1.29 is 4.39 Å². The quantitative estimate of drug-likeness (QED) is 0.865. The van der Waals surface area contributed by atoms with Gasteiger partial charge in [0.05, 0.1) is 10.9 Å². The Balaban J connectivity index is 2.03. The third kappa shape index (κ3) is 2.55. The van der Waals surface area contributed by atoms with E-state index in [0.717, 1.165) is 25.8 Å². The van der Waals surface area contributed by atoms with Crippen molar-refractivity contribution in [3.05, 3.63) is 39.7 Å². The summed E-state index contributed by atoms with van der Waals surface area (Å²) in [5, 5.41) is 3.78. The first-order chi connectivity index (χ1) is 9.65. The van der Waals surface area contributed by atoms with Crippen LogP contribution in [0.2, 0.25) is 5.28 Å². The molecule has 1 aliphatic heterocycles. The number of piperidine rings is 1. The maximum atomic E-state index is 13.3. The minimum atomic E-state index is -0.443. The summed E-state index contributed by atoms with van der Waals surface area (Å²) in [6.07, 6.45) is 3.30. The van der Waals surface area contributed by atoms with Crippen LogP contribution in [0, 0.1) is 5.82 Å². The Bertz CT molecular complexity index is 695. The van der Waals surface area contributed by atoms with Crippen LogP contribution in [0.25, 0.3) is 10.9 Å². The molecule has 2 aromatic rings. The van der Waals surface area contributed by atoms with Gasteiger partial charge in [0.25, 0.3) is 5.56 Å². The Morgan fingerprint density at radius 2 is 2.30 bits per heavy atom. The molecule has 1 atom stereocenters. The highest BCUT2D eigenvalue weighted by Crippen LogP contribution is 2.15. The smallest absolute Gasteiger partial charge is 0.262 e. The number of nitrogens with zero attached hydrogens (tertiary/aromatic N) is 2. The number of nitrogens with one attached hydrogen (secondary N) is 1. The summed E-state index contributed by atoms with van der Waals surface area (Å²) in [6, 6.07) is 4.18. The lowest BCUT2D eigenvalue weighted by Crippen LogP contribution is -2.40. The van der Waals surface area contributed by atoms with Gasteiger partial charge < -0.3 is 5.32 Å². The predicted molar refractivity (Wildman–Crippen MR) is 76.6 cm³/mol. The van der Waals surface area contributed by atoms with Gasteiger partial charge in [-0.05, 0) is 49.2 Å². The molecule has 0 saturated carbocycles. The van der Waals surface area contributed by atoms with E-state index in [1.807, 2.05) is 0 Å². The molecule has 6 heteroatoms. The molecule has 0 spiro atoms. The van der Waals surface area contributed by atoms with E-state index >= 15 is 0 Å². The number of benzene rings is 1. The largest absolute Gasteiger partial charge is 0.312 e. The van der Waals surface area contributed by atoms with Crippen LogP contribution in [0.3, 0.4) is 0 Å². The molecule has 1 N–H and O–H groups in total. The fourth-order valence-corrected chi connectivity index (χ4v) is 2.86. The summed E-state index contributed by atoms with van der Waals surface area (Å²) in [4.78, 5) is 16.6. The number of fused-ring (bicyclic) bond motifs is 1. The van der Waals surface area contributed by atoms with Gasteiger partial charge in [-0.1, -0.05) is 6.42 Å². The highest BCUT2D eigenvalue weighted by atomic mass is 35.5. The number of rotatable bonds is 2. The maximum Gasteiger partial charge on any atom is 0.262 e. The molecule has 20 heavy (non-hydrogen) atoms. The average Bonchev–Trinajstić information content (AvgIpc) is 2.46. The van der Waals surface area contributed by atoms with Crippen molar-refractivity contribution in [2.24, 2.45) is 0 Å². The predicted octanol–water partition coefficient (Wildman–Crippen LogP) is 2.33. The summed E-state index contributed by atoms with van der Waals surface area (Å²) >= 11 is 6.10. The number of halogens is 2. The van der Waals surface area contributed by atoms with E-state index in [-0.39, 0.29) is 22.3 Å². The standard InChI is InChI=1S/C14H15ClFN3O/c15-14-18-12-5-4-9(16)7-11(12)13(20)19(14)8-10-3-1-2-6-17-10/h4-5,7,10,17H,1-3,6,8H2. The van der Waals surface area contributed by atoms with E-state index in [0.29, 0.717) is 12.1 Å². The molecule has 1 fully saturated rings. The molecular formula is C14H15ClFN3O. The highest BCUT2D eigenvalue weighted by molar-refractivity contribution is 6.28. The lowest BCUT2D eigenvalue weighted by atomic mass is 10.1. The monoisotopic (exact) mass is 295 g/mol. The van der Waals surface area contributed by atoms with Crippen LogP contribution in [0.4, 0.5) is 4.39 Å². The summed E-state index contributed by atoms with van der Waals surface area (Å²) in [5.41, 5.74) is 0.140. The van der Waals surface area contributed by atoms with Crippen molar-refractivity contribution in [2.45, 2.75) is 31.8 Å². The van der Waals surface area contributed by atoms with E-state index < -0.39 is 5.82 Å². The molecular weight excluding hydrogens is 281 g/mol. The van der Waals surface area contributed by atoms with Gasteiger partial charge in [0, 0.05) is 12.6 Å². The Kier molecular flexibility index (Phi) is 3.72. The molecule has 0 bridgehead atoms. The van der Waals surface area contributed by atoms with E-state index in [2.05, 4.69) is 10.3 Å². The van der Waals surface area contributed by atoms with Gasteiger partial charge in [-0.15, -0.1) is 0 Å². The van der Waals surface area contributed by atoms with Gasteiger partial charge in [0.1, 0.15) is 5.82 Å². The van der Waals surface area contributed by atoms with Crippen LogP contribution in [0.15, 0.2) is 23.0 Å². The lowest BCUT2D eigenvalue weighted by molar-refractivity contribution is 0.359. The van der Waals surface area contributed by atoms with E-state index in [1.54, 1.807) is 0 Å². The topological polar surface area (TPSA) is 46.9 Å². The SMILES string of the molecule is O=c1c2cc(F)ccc2nc(Cl)n1CC1CCCCN1. The van der Waals surface area contributed by atoms with Crippen molar-refractivity contribution in [2.75, 3.05) is 6.54 Å². The molecule has 1 aliphatic rings. The van der Waals surface area contributed by atoms with E-state index in [1.165, 1.54) is 22.8 Å². The Morgan fingerprint density at radius 3 is 3.05 bits per heavy atom. The molecule has 3 rings (SSSR count). The highest BCUT2D eigenvalue weighted by Gasteiger charge is 2.17. The molecule has 106 valence electrons. The minimum Gasteiger partial charge on any atom is -0.312 e. The molecule has 0 amide bonds. The molecule has 0 aliphatic carbocycles. The van der Waals surface area contributed by atoms with Crippen LogP contribution in [-0.4, -0.2) is 22.1 Å². The van der Waals surface area contributed by atoms with Gasteiger partial charge in [-0.2, -0.15) is 0 Å². The molecule has 1 aromatic carbocycles. The second kappa shape index (κ2) is 5.50. The van der Waals surface area contributed by atoms with Crippen molar-refractivity contribution in [1.82, 2.24) is 14.9 Å². The van der Waals surface area contributed by atoms with Crippen LogP contribution >= 0.6 is 11.6 Å². The van der Waals surface area contributed by atoms with Crippen LogP contribution < -0.4 is 10.9 Å². The van der Waals surface area contributed by atoms with Crippen LogP contribution in [0.1, 0.15) is 19.3 Å². The molecule has 0 radical (unpaired) electrons. The third-order valence-corrected chi connectivity index (χ3v) is 3.97. The zero-order chi connectivity index (χ0) is 14.1. The lowest BCUT2D eigenvalue weighted by Gasteiger charge is -2.24. The molecule has 1 saturated heterocycles. The molecule has 1 aromatic heterocycles. The van der Waals surface area contributed by atoms with Crippen LogP contribution in [0.5, 0.6) is 0 Å². The van der Waals surface area contributed by atoms with Gasteiger partial charge in [0.2, 0.25) is 5.28 Å². The third-order valence-electron chi connectivity index (χ3n) is 3.68. The summed E-state index contributed by atoms with van der Waals surface area (Å²) in [6.45, 7) is 1.42. The van der Waals surface area contributed by atoms with Gasteiger partial charge in [0.15, 0.2) is 0 Å². The first-order valence-electron chi connectivity index (χ1n) is 6.74. The second-order valence-electron chi connectivity index (χ2n) is 5.10. The fourth-order valence-electron chi connectivity index (χ4n) is 2.62. The summed E-state index contributed by atoms with van der Waals surface area (Å²) in [7, 11) is 0. The minimum absolute atomic E-state index is 0.154. The Morgan fingerprint density at radius 1 is 1.45 bits per heavy atom. The molecule has 4 nitrogen and oxygen atoms in total. The number of hydrogen-bond acceptors (Lipinski definition) is 3. The summed E-state index contributed by atoms with van der Waals surface area (Å²) in [5.74, 6) is -0.443. The van der Waals surface area contributed by atoms with Crippen molar-refractivity contribution in [3.63, 3.8) is 0 Å². The second-order valence-corrected chi connectivity index (χ2v) is 5.44. The number of aromatic nitrogens is 2. The zero-order valence-corrected chi connectivity index (χ0v) is 11.7. The van der Waals surface area contributed by atoms with Crippen LogP contribution in [-0.2, 0) is 6.54 Å². The fraction of sp³-hybridized carbons (Fsp3) is 0.429. The summed E-state index contributed by atoms with van der Waals surface area (Å²) < 4.78 is 14.7. The van der Waals surface area contributed by atoms with Gasteiger partial charge >= 0.3 is 0 Å². The maximum absolute atomic E-state index is 13.3. The number of hydrogen-bond donors (Lipinski definition) is 1. The van der Waals surface area contributed by atoms with Crippen molar-refractivity contribution >= 4 is 22.5 Å². The Labute approximate surface area is 120 Å². The average molecular weight is 296 g/mol.